The Morgan fingerprint density at radius 2 is 1.12 bits per heavy atom. The first-order valence-electron chi connectivity index (χ1n) is 10.1. The van der Waals surface area contributed by atoms with Crippen LogP contribution in [0.3, 0.4) is 0 Å². The van der Waals surface area contributed by atoms with Gasteiger partial charge in [0.1, 0.15) is 0 Å². The third-order valence-electron chi connectivity index (χ3n) is 5.82. The third kappa shape index (κ3) is 4.99. The number of rotatable bonds is 4. The van der Waals surface area contributed by atoms with Crippen LogP contribution in [-0.2, 0) is 9.59 Å². The predicted molar refractivity (Wildman–Crippen MR) is 105 cm³/mol. The van der Waals surface area contributed by atoms with E-state index in [9.17, 15) is 9.59 Å². The molecule has 2 N–H and O–H groups in total. The second-order valence-electron chi connectivity index (χ2n) is 10.1. The van der Waals surface area contributed by atoms with Crippen LogP contribution in [0.2, 0.25) is 0 Å². The van der Waals surface area contributed by atoms with Crippen molar-refractivity contribution in [1.29, 1.82) is 0 Å². The van der Waals surface area contributed by atoms with Gasteiger partial charge in [-0.2, -0.15) is 0 Å². The smallest absolute Gasteiger partial charge is 0.157 e. The van der Waals surface area contributed by atoms with Crippen molar-refractivity contribution in [3.05, 3.63) is 23.5 Å². The summed E-state index contributed by atoms with van der Waals surface area (Å²) in [4.78, 5) is 24.1. The molecule has 1 fully saturated rings. The van der Waals surface area contributed by atoms with E-state index in [1.165, 1.54) is 12.8 Å². The lowest BCUT2D eigenvalue weighted by atomic mass is 9.77. The molecule has 0 spiro atoms. The monoisotopic (exact) mass is 358 g/mol. The van der Waals surface area contributed by atoms with Crippen molar-refractivity contribution in [2.24, 2.45) is 10.8 Å². The molecule has 0 aromatic rings. The molecule has 0 aromatic heterocycles. The van der Waals surface area contributed by atoms with E-state index in [1.807, 2.05) is 12.2 Å². The standard InChI is InChI=1S/C22H34N2O2/c1-21(2)11-15(9-17(25)13-21)23-19-7-5-6-8-20(19)24-16-10-18(26)14-22(3,4)12-16/h9-10,19-20,23-24H,5-8,11-14H2,1-4H3/t19-,20+. The Kier molecular flexibility index (Phi) is 5.32. The minimum atomic E-state index is 0.0358. The fourth-order valence-electron chi connectivity index (χ4n) is 4.83. The average molecular weight is 359 g/mol. The van der Waals surface area contributed by atoms with Gasteiger partial charge in [0, 0.05) is 48.5 Å². The van der Waals surface area contributed by atoms with Crippen LogP contribution < -0.4 is 10.6 Å². The summed E-state index contributed by atoms with van der Waals surface area (Å²) in [5.74, 6) is 0.456. The van der Waals surface area contributed by atoms with E-state index in [0.29, 0.717) is 24.9 Å². The molecular weight excluding hydrogens is 324 g/mol. The number of hydrogen-bond acceptors (Lipinski definition) is 4. The number of carbonyl (C=O) groups is 2. The maximum Gasteiger partial charge on any atom is 0.157 e. The van der Waals surface area contributed by atoms with E-state index in [0.717, 1.165) is 37.1 Å². The average Bonchev–Trinajstić information content (AvgIpc) is 2.45. The van der Waals surface area contributed by atoms with Crippen LogP contribution in [0, 0.1) is 10.8 Å². The van der Waals surface area contributed by atoms with Crippen LogP contribution >= 0.6 is 0 Å². The SMILES string of the molecule is CC1(C)CC(=O)C=C(N[C@H]2CCCC[C@H]2NC2=CC(=O)CC(C)(C)C2)C1. The number of allylic oxidation sites excluding steroid dienone is 4. The van der Waals surface area contributed by atoms with Crippen molar-refractivity contribution in [2.45, 2.75) is 91.1 Å². The van der Waals surface area contributed by atoms with Gasteiger partial charge in [-0.3, -0.25) is 9.59 Å². The van der Waals surface area contributed by atoms with E-state index in [4.69, 9.17) is 0 Å². The van der Waals surface area contributed by atoms with E-state index in [-0.39, 0.29) is 22.4 Å². The Hall–Kier alpha value is -1.58. The molecular formula is C22H34N2O2. The Bertz CT molecular complexity index is 587. The zero-order valence-corrected chi connectivity index (χ0v) is 16.8. The van der Waals surface area contributed by atoms with Gasteiger partial charge in [-0.15, -0.1) is 0 Å². The second kappa shape index (κ2) is 7.21. The molecule has 2 atom stereocenters. The highest BCUT2D eigenvalue weighted by Gasteiger charge is 2.33. The normalized spacial score (nSPS) is 31.1. The molecule has 0 heterocycles. The van der Waals surface area contributed by atoms with E-state index >= 15 is 0 Å². The molecule has 4 nitrogen and oxygen atoms in total. The Labute approximate surface area is 157 Å². The fraction of sp³-hybridized carbons (Fsp3) is 0.727. The van der Waals surface area contributed by atoms with Crippen molar-refractivity contribution in [2.75, 3.05) is 0 Å². The first-order chi connectivity index (χ1) is 12.1. The molecule has 0 aliphatic heterocycles. The maximum absolute atomic E-state index is 12.1. The number of hydrogen-bond donors (Lipinski definition) is 2. The lowest BCUT2D eigenvalue weighted by Crippen LogP contribution is -2.50. The van der Waals surface area contributed by atoms with Crippen LogP contribution in [0.1, 0.15) is 79.1 Å². The Balaban J connectivity index is 1.69. The molecule has 0 bridgehead atoms. The van der Waals surface area contributed by atoms with Crippen LogP contribution in [0.15, 0.2) is 23.5 Å². The minimum absolute atomic E-state index is 0.0358. The van der Waals surface area contributed by atoms with Crippen molar-refractivity contribution >= 4 is 11.6 Å². The van der Waals surface area contributed by atoms with Gasteiger partial charge in [-0.05, 0) is 36.5 Å². The van der Waals surface area contributed by atoms with Gasteiger partial charge in [0.25, 0.3) is 0 Å². The molecule has 3 aliphatic rings. The van der Waals surface area contributed by atoms with Crippen molar-refractivity contribution in [3.8, 4) is 0 Å². The van der Waals surface area contributed by atoms with Gasteiger partial charge in [-0.25, -0.2) is 0 Å². The molecule has 144 valence electrons. The quantitative estimate of drug-likeness (QED) is 0.797. The van der Waals surface area contributed by atoms with E-state index in [1.54, 1.807) is 0 Å². The van der Waals surface area contributed by atoms with Crippen molar-refractivity contribution in [1.82, 2.24) is 10.6 Å². The van der Waals surface area contributed by atoms with E-state index in [2.05, 4.69) is 38.3 Å². The maximum atomic E-state index is 12.1. The number of nitrogens with one attached hydrogen (secondary N) is 2. The largest absolute Gasteiger partial charge is 0.383 e. The number of ketones is 2. The highest BCUT2D eigenvalue weighted by atomic mass is 16.1. The molecule has 0 unspecified atom stereocenters. The van der Waals surface area contributed by atoms with E-state index < -0.39 is 0 Å². The van der Waals surface area contributed by atoms with Crippen LogP contribution in [0.4, 0.5) is 0 Å². The molecule has 0 aromatic carbocycles. The van der Waals surface area contributed by atoms with Crippen LogP contribution in [-0.4, -0.2) is 23.7 Å². The van der Waals surface area contributed by atoms with Gasteiger partial charge in [0.2, 0.25) is 0 Å². The molecule has 0 saturated heterocycles. The molecule has 1 saturated carbocycles. The summed E-state index contributed by atoms with van der Waals surface area (Å²) in [6, 6.07) is 0.635. The summed E-state index contributed by atoms with van der Waals surface area (Å²) < 4.78 is 0. The van der Waals surface area contributed by atoms with Crippen molar-refractivity contribution in [3.63, 3.8) is 0 Å². The first-order valence-corrected chi connectivity index (χ1v) is 10.1. The molecule has 0 amide bonds. The molecule has 3 rings (SSSR count). The van der Waals surface area contributed by atoms with Crippen molar-refractivity contribution < 1.29 is 9.59 Å². The molecule has 3 aliphatic carbocycles. The van der Waals surface area contributed by atoms with Crippen LogP contribution in [0.5, 0.6) is 0 Å². The lowest BCUT2D eigenvalue weighted by Gasteiger charge is -2.39. The topological polar surface area (TPSA) is 58.2 Å². The van der Waals surface area contributed by atoms with Gasteiger partial charge in [0.15, 0.2) is 11.6 Å². The van der Waals surface area contributed by atoms with Gasteiger partial charge >= 0.3 is 0 Å². The summed E-state index contributed by atoms with van der Waals surface area (Å²) >= 11 is 0. The highest BCUT2D eigenvalue weighted by Crippen LogP contribution is 2.35. The summed E-state index contributed by atoms with van der Waals surface area (Å²) in [6.07, 6.45) is 11.4. The summed E-state index contributed by atoms with van der Waals surface area (Å²) in [6.45, 7) is 8.65. The third-order valence-corrected chi connectivity index (χ3v) is 5.82. The van der Waals surface area contributed by atoms with Gasteiger partial charge < -0.3 is 10.6 Å². The first kappa shape index (κ1) is 19.2. The second-order valence-corrected chi connectivity index (χ2v) is 10.1. The number of carbonyl (C=O) groups excluding carboxylic acids is 2. The summed E-state index contributed by atoms with van der Waals surface area (Å²) in [5.41, 5.74) is 2.24. The highest BCUT2D eigenvalue weighted by molar-refractivity contribution is 5.92. The Morgan fingerprint density at radius 1 is 0.731 bits per heavy atom. The zero-order valence-electron chi connectivity index (χ0n) is 16.8. The molecule has 26 heavy (non-hydrogen) atoms. The lowest BCUT2D eigenvalue weighted by molar-refractivity contribution is -0.118. The Morgan fingerprint density at radius 3 is 1.46 bits per heavy atom. The predicted octanol–water partition coefficient (Wildman–Crippen LogP) is 4.02. The minimum Gasteiger partial charge on any atom is -0.383 e. The van der Waals surface area contributed by atoms with Crippen LogP contribution in [0.25, 0.3) is 0 Å². The zero-order chi connectivity index (χ0) is 18.9. The molecule has 0 radical (unpaired) electrons. The van der Waals surface area contributed by atoms with Gasteiger partial charge in [-0.1, -0.05) is 40.5 Å². The van der Waals surface area contributed by atoms with Gasteiger partial charge in [0.05, 0.1) is 0 Å². The fourth-order valence-corrected chi connectivity index (χ4v) is 4.83. The molecule has 4 heteroatoms. The summed E-state index contributed by atoms with van der Waals surface area (Å²) in [7, 11) is 0. The summed E-state index contributed by atoms with van der Waals surface area (Å²) in [5, 5.41) is 7.36.